The topological polar surface area (TPSA) is 98.0 Å². The van der Waals surface area contributed by atoms with Gasteiger partial charge in [0.2, 0.25) is 5.95 Å². The van der Waals surface area contributed by atoms with Crippen molar-refractivity contribution in [3.8, 4) is 0 Å². The lowest BCUT2D eigenvalue weighted by atomic mass is 10.1. The van der Waals surface area contributed by atoms with E-state index >= 15 is 0 Å². The van der Waals surface area contributed by atoms with E-state index in [1.54, 1.807) is 0 Å². The Hall–Kier alpha value is -3.39. The van der Waals surface area contributed by atoms with Gasteiger partial charge in [-0.2, -0.15) is 4.98 Å². The van der Waals surface area contributed by atoms with Gasteiger partial charge < -0.3 is 20.1 Å². The van der Waals surface area contributed by atoms with Crippen LogP contribution in [0.3, 0.4) is 0 Å². The van der Waals surface area contributed by atoms with Crippen LogP contribution in [0.1, 0.15) is 35.4 Å². The number of hydrogen-bond acceptors (Lipinski definition) is 7. The van der Waals surface area contributed by atoms with Crippen LogP contribution in [0.15, 0.2) is 47.1 Å². The van der Waals surface area contributed by atoms with Crippen LogP contribution < -0.4 is 11.1 Å². The molecule has 0 spiro atoms. The minimum Gasteiger partial charge on any atom is -0.368 e. The molecule has 0 atom stereocenters. The molecule has 4 heterocycles. The SMILES string of the molecule is Cc1cc(CNc2nc(N)nc3ccn(Cc4cccc(CN5CCCC5)c4)c23)no1. The molecule has 3 aromatic heterocycles. The number of likely N-dealkylation sites (tertiary alicyclic amines) is 1. The molecular weight excluding hydrogens is 390 g/mol. The van der Waals surface area contributed by atoms with E-state index in [4.69, 9.17) is 10.3 Å². The predicted octanol–water partition coefficient (Wildman–Crippen LogP) is 3.57. The summed E-state index contributed by atoms with van der Waals surface area (Å²) in [5.41, 5.74) is 11.1. The quantitative estimate of drug-likeness (QED) is 0.474. The fraction of sp³-hybridized carbons (Fsp3) is 0.348. The highest BCUT2D eigenvalue weighted by molar-refractivity contribution is 5.87. The fourth-order valence-electron chi connectivity index (χ4n) is 4.28. The molecular formula is C23H27N7O. The Bertz CT molecular complexity index is 1190. The first kappa shape index (κ1) is 19.6. The highest BCUT2D eigenvalue weighted by Gasteiger charge is 2.14. The molecule has 4 aromatic rings. The van der Waals surface area contributed by atoms with Crippen molar-refractivity contribution < 1.29 is 4.52 Å². The Morgan fingerprint density at radius 2 is 1.87 bits per heavy atom. The molecule has 1 fully saturated rings. The van der Waals surface area contributed by atoms with E-state index in [0.717, 1.165) is 35.6 Å². The third-order valence-electron chi connectivity index (χ3n) is 5.69. The number of nitrogens with one attached hydrogen (secondary N) is 1. The van der Waals surface area contributed by atoms with Crippen molar-refractivity contribution in [2.75, 3.05) is 24.1 Å². The van der Waals surface area contributed by atoms with Crippen LogP contribution in [0.4, 0.5) is 11.8 Å². The van der Waals surface area contributed by atoms with Crippen molar-refractivity contribution in [1.82, 2.24) is 24.6 Å². The van der Waals surface area contributed by atoms with Gasteiger partial charge in [0, 0.05) is 25.4 Å². The van der Waals surface area contributed by atoms with Gasteiger partial charge in [0.25, 0.3) is 0 Å². The average molecular weight is 418 g/mol. The van der Waals surface area contributed by atoms with Crippen molar-refractivity contribution in [2.24, 2.45) is 0 Å². The molecule has 3 N–H and O–H groups in total. The van der Waals surface area contributed by atoms with E-state index in [9.17, 15) is 0 Å². The van der Waals surface area contributed by atoms with Crippen molar-refractivity contribution in [3.05, 3.63) is 65.2 Å². The van der Waals surface area contributed by atoms with Crippen LogP contribution in [-0.4, -0.2) is 37.7 Å². The van der Waals surface area contributed by atoms with Gasteiger partial charge in [-0.3, -0.25) is 4.90 Å². The van der Waals surface area contributed by atoms with Gasteiger partial charge in [0.05, 0.1) is 12.1 Å². The van der Waals surface area contributed by atoms with Crippen molar-refractivity contribution in [1.29, 1.82) is 0 Å². The Labute approximate surface area is 181 Å². The predicted molar refractivity (Wildman–Crippen MR) is 121 cm³/mol. The number of fused-ring (bicyclic) bond motifs is 1. The number of rotatable bonds is 7. The Morgan fingerprint density at radius 1 is 1.06 bits per heavy atom. The summed E-state index contributed by atoms with van der Waals surface area (Å²) < 4.78 is 7.32. The lowest BCUT2D eigenvalue weighted by Crippen LogP contribution is -2.18. The molecule has 5 rings (SSSR count). The number of benzene rings is 1. The molecule has 1 aromatic carbocycles. The number of hydrogen-bond donors (Lipinski definition) is 2. The minimum absolute atomic E-state index is 0.247. The van der Waals surface area contributed by atoms with E-state index in [-0.39, 0.29) is 5.95 Å². The standard InChI is InChI=1S/C23H27N7O/c1-16-11-19(28-31-16)13-25-22-21-20(26-23(24)27-22)7-10-30(21)15-18-6-4-5-17(12-18)14-29-8-2-3-9-29/h4-7,10-12H,2-3,8-9,13-15H2,1H3,(H3,24,25,26,27). The largest absolute Gasteiger partial charge is 0.368 e. The maximum Gasteiger partial charge on any atom is 0.222 e. The third kappa shape index (κ3) is 4.39. The molecule has 8 heteroatoms. The van der Waals surface area contributed by atoms with Gasteiger partial charge in [0.1, 0.15) is 17.0 Å². The summed E-state index contributed by atoms with van der Waals surface area (Å²) in [6.07, 6.45) is 4.65. The summed E-state index contributed by atoms with van der Waals surface area (Å²) in [6, 6.07) is 12.7. The molecule has 0 aliphatic carbocycles. The summed E-state index contributed by atoms with van der Waals surface area (Å²) in [5.74, 6) is 1.72. The van der Waals surface area contributed by atoms with E-state index in [1.165, 1.54) is 37.1 Å². The second-order valence-electron chi connectivity index (χ2n) is 8.19. The molecule has 31 heavy (non-hydrogen) atoms. The molecule has 0 radical (unpaired) electrons. The zero-order valence-corrected chi connectivity index (χ0v) is 17.7. The van der Waals surface area contributed by atoms with Gasteiger partial charge in [-0.05, 0) is 50.0 Å². The number of aryl methyl sites for hydroxylation is 1. The van der Waals surface area contributed by atoms with Crippen LogP contribution in [0.5, 0.6) is 0 Å². The summed E-state index contributed by atoms with van der Waals surface area (Å²) in [5, 5.41) is 7.39. The number of nitrogens with two attached hydrogens (primary N) is 1. The first-order chi connectivity index (χ1) is 15.1. The summed E-state index contributed by atoms with van der Waals surface area (Å²) in [6.45, 7) is 6.53. The Kier molecular flexibility index (Phi) is 5.30. The van der Waals surface area contributed by atoms with Crippen LogP contribution in [0.25, 0.3) is 11.0 Å². The van der Waals surface area contributed by atoms with Gasteiger partial charge in [-0.1, -0.05) is 29.4 Å². The van der Waals surface area contributed by atoms with Gasteiger partial charge in [-0.25, -0.2) is 4.98 Å². The van der Waals surface area contributed by atoms with E-state index < -0.39 is 0 Å². The fourth-order valence-corrected chi connectivity index (χ4v) is 4.28. The molecule has 1 saturated heterocycles. The monoisotopic (exact) mass is 417 g/mol. The van der Waals surface area contributed by atoms with Crippen LogP contribution in [0, 0.1) is 6.92 Å². The maximum atomic E-state index is 5.95. The third-order valence-corrected chi connectivity index (χ3v) is 5.69. The summed E-state index contributed by atoms with van der Waals surface area (Å²) in [7, 11) is 0. The second-order valence-corrected chi connectivity index (χ2v) is 8.19. The lowest BCUT2D eigenvalue weighted by Gasteiger charge is -2.15. The van der Waals surface area contributed by atoms with E-state index in [1.807, 2.05) is 25.3 Å². The lowest BCUT2D eigenvalue weighted by molar-refractivity contribution is 0.331. The molecule has 1 aliphatic heterocycles. The Balaban J connectivity index is 1.39. The van der Waals surface area contributed by atoms with E-state index in [2.05, 4.69) is 54.2 Å². The smallest absolute Gasteiger partial charge is 0.222 e. The minimum atomic E-state index is 0.247. The highest BCUT2D eigenvalue weighted by atomic mass is 16.5. The second kappa shape index (κ2) is 8.39. The first-order valence-corrected chi connectivity index (χ1v) is 10.7. The van der Waals surface area contributed by atoms with Gasteiger partial charge in [-0.15, -0.1) is 0 Å². The Morgan fingerprint density at radius 3 is 2.65 bits per heavy atom. The van der Waals surface area contributed by atoms with Crippen LogP contribution >= 0.6 is 0 Å². The zero-order valence-electron chi connectivity index (χ0n) is 17.7. The number of aromatic nitrogens is 4. The van der Waals surface area contributed by atoms with Crippen LogP contribution in [-0.2, 0) is 19.6 Å². The van der Waals surface area contributed by atoms with Crippen molar-refractivity contribution in [2.45, 2.75) is 39.4 Å². The van der Waals surface area contributed by atoms with Crippen molar-refractivity contribution >= 4 is 22.8 Å². The molecule has 8 nitrogen and oxygen atoms in total. The molecule has 0 unspecified atom stereocenters. The number of nitrogens with zero attached hydrogens (tertiary/aromatic N) is 5. The van der Waals surface area contributed by atoms with Crippen LogP contribution in [0.2, 0.25) is 0 Å². The molecule has 1 aliphatic rings. The van der Waals surface area contributed by atoms with E-state index in [0.29, 0.717) is 12.4 Å². The van der Waals surface area contributed by atoms with Gasteiger partial charge >= 0.3 is 0 Å². The first-order valence-electron chi connectivity index (χ1n) is 10.7. The average Bonchev–Trinajstić information content (AvgIpc) is 3.49. The number of anilines is 2. The molecule has 0 saturated carbocycles. The maximum absolute atomic E-state index is 5.95. The zero-order chi connectivity index (χ0) is 21.2. The molecule has 160 valence electrons. The molecule has 0 bridgehead atoms. The molecule has 0 amide bonds. The normalized spacial score (nSPS) is 14.5. The summed E-state index contributed by atoms with van der Waals surface area (Å²) in [4.78, 5) is 11.4. The summed E-state index contributed by atoms with van der Waals surface area (Å²) >= 11 is 0. The highest BCUT2D eigenvalue weighted by Crippen LogP contribution is 2.24. The van der Waals surface area contributed by atoms with Gasteiger partial charge in [0.15, 0.2) is 5.82 Å². The van der Waals surface area contributed by atoms with Crippen molar-refractivity contribution in [3.63, 3.8) is 0 Å². The number of nitrogen functional groups attached to an aromatic ring is 1.